The Hall–Kier alpha value is -1.81. The number of aromatic nitrogens is 2. The van der Waals surface area contributed by atoms with Gasteiger partial charge in [0.05, 0.1) is 18.0 Å². The molecule has 0 aliphatic carbocycles. The van der Waals surface area contributed by atoms with E-state index in [1.54, 1.807) is 0 Å². The highest BCUT2D eigenvalue weighted by molar-refractivity contribution is 5.61. The Labute approximate surface area is 81.4 Å². The monoisotopic (exact) mass is 189 g/mol. The molecule has 14 heavy (non-hydrogen) atoms. The maximum Gasteiger partial charge on any atom is 0.0924 e. The average Bonchev–Trinajstić information content (AvgIpc) is 2.67. The van der Waals surface area contributed by atoms with E-state index in [-0.39, 0.29) is 6.61 Å². The summed E-state index contributed by atoms with van der Waals surface area (Å²) in [5, 5.41) is 15.6. The highest BCUT2D eigenvalue weighted by Gasteiger charge is 2.02. The molecule has 4 nitrogen and oxygen atoms in total. The molecule has 1 aromatic carbocycles. The largest absolute Gasteiger partial charge is 0.399 e. The molecule has 72 valence electrons. The summed E-state index contributed by atoms with van der Waals surface area (Å²) in [7, 11) is 0. The molecule has 0 amide bonds. The van der Waals surface area contributed by atoms with Gasteiger partial charge in [0.1, 0.15) is 0 Å². The van der Waals surface area contributed by atoms with Gasteiger partial charge in [-0.3, -0.25) is 5.10 Å². The summed E-state index contributed by atoms with van der Waals surface area (Å²) >= 11 is 0. The molecule has 0 aliphatic rings. The van der Waals surface area contributed by atoms with Crippen LogP contribution in [0, 0.1) is 0 Å². The number of nitrogens with one attached hydrogen (secondary N) is 1. The summed E-state index contributed by atoms with van der Waals surface area (Å²) in [6.45, 7) is -0.0258. The Balaban J connectivity index is 2.34. The molecule has 1 aromatic heterocycles. The minimum atomic E-state index is -0.0258. The van der Waals surface area contributed by atoms with Gasteiger partial charge in [-0.05, 0) is 18.2 Å². The SMILES string of the molecule is Nc1ccc(-c2cc(CO)[nH]n2)cc1. The molecule has 4 heteroatoms. The molecule has 0 saturated carbocycles. The van der Waals surface area contributed by atoms with Crippen LogP contribution >= 0.6 is 0 Å². The number of nitrogens with two attached hydrogens (primary N) is 1. The highest BCUT2D eigenvalue weighted by Crippen LogP contribution is 2.18. The van der Waals surface area contributed by atoms with E-state index >= 15 is 0 Å². The topological polar surface area (TPSA) is 74.9 Å². The molecule has 2 rings (SSSR count). The predicted octanol–water partition coefficient (Wildman–Crippen LogP) is 1.15. The molecule has 2 aromatic rings. The van der Waals surface area contributed by atoms with Crippen molar-refractivity contribution < 1.29 is 5.11 Å². The maximum absolute atomic E-state index is 8.85. The van der Waals surface area contributed by atoms with Crippen molar-refractivity contribution in [3.63, 3.8) is 0 Å². The van der Waals surface area contributed by atoms with Gasteiger partial charge < -0.3 is 10.8 Å². The second kappa shape index (κ2) is 3.51. The van der Waals surface area contributed by atoms with Crippen molar-refractivity contribution in [1.29, 1.82) is 0 Å². The van der Waals surface area contributed by atoms with E-state index in [1.165, 1.54) is 0 Å². The van der Waals surface area contributed by atoms with E-state index in [0.717, 1.165) is 16.9 Å². The van der Waals surface area contributed by atoms with Crippen LogP contribution in [0.4, 0.5) is 5.69 Å². The number of nitrogens with zero attached hydrogens (tertiary/aromatic N) is 1. The summed E-state index contributed by atoms with van der Waals surface area (Å²) in [5.41, 5.74) is 8.80. The zero-order chi connectivity index (χ0) is 9.97. The van der Waals surface area contributed by atoms with E-state index in [2.05, 4.69) is 10.2 Å². The molecule has 0 saturated heterocycles. The van der Waals surface area contributed by atoms with Gasteiger partial charge in [-0.15, -0.1) is 0 Å². The van der Waals surface area contributed by atoms with Crippen LogP contribution in [0.1, 0.15) is 5.69 Å². The van der Waals surface area contributed by atoms with Crippen LogP contribution in [0.2, 0.25) is 0 Å². The summed E-state index contributed by atoms with van der Waals surface area (Å²) in [4.78, 5) is 0. The van der Waals surface area contributed by atoms with Crippen LogP contribution in [0.3, 0.4) is 0 Å². The lowest BCUT2D eigenvalue weighted by molar-refractivity contribution is 0.276. The normalized spacial score (nSPS) is 10.4. The fraction of sp³-hybridized carbons (Fsp3) is 0.100. The third-order valence-electron chi connectivity index (χ3n) is 2.01. The molecule has 4 N–H and O–H groups in total. The number of benzene rings is 1. The standard InChI is InChI=1S/C10H11N3O/c11-8-3-1-7(2-4-8)10-5-9(6-14)12-13-10/h1-5,14H,6,11H2,(H,12,13). The quantitative estimate of drug-likeness (QED) is 0.620. The van der Waals surface area contributed by atoms with Crippen LogP contribution in [0.15, 0.2) is 30.3 Å². The third kappa shape index (κ3) is 1.60. The zero-order valence-corrected chi connectivity index (χ0v) is 7.57. The molecular formula is C10H11N3O. The summed E-state index contributed by atoms with van der Waals surface area (Å²) < 4.78 is 0. The molecule has 0 spiro atoms. The number of aliphatic hydroxyl groups is 1. The van der Waals surface area contributed by atoms with Crippen molar-refractivity contribution in [1.82, 2.24) is 10.2 Å². The number of anilines is 1. The Bertz CT molecular complexity index is 419. The van der Waals surface area contributed by atoms with Gasteiger partial charge in [0, 0.05) is 11.3 Å². The highest BCUT2D eigenvalue weighted by atomic mass is 16.3. The lowest BCUT2D eigenvalue weighted by Gasteiger charge is -1.96. The van der Waals surface area contributed by atoms with Crippen molar-refractivity contribution in [2.24, 2.45) is 0 Å². The summed E-state index contributed by atoms with van der Waals surface area (Å²) in [5.74, 6) is 0. The lowest BCUT2D eigenvalue weighted by Crippen LogP contribution is -1.83. The number of aliphatic hydroxyl groups excluding tert-OH is 1. The number of aromatic amines is 1. The van der Waals surface area contributed by atoms with E-state index in [0.29, 0.717) is 5.69 Å². The van der Waals surface area contributed by atoms with Gasteiger partial charge in [0.25, 0.3) is 0 Å². The van der Waals surface area contributed by atoms with Gasteiger partial charge >= 0.3 is 0 Å². The first-order valence-corrected chi connectivity index (χ1v) is 4.30. The van der Waals surface area contributed by atoms with Crippen LogP contribution in [-0.2, 0) is 6.61 Å². The molecule has 0 bridgehead atoms. The van der Waals surface area contributed by atoms with Crippen molar-refractivity contribution >= 4 is 5.69 Å². The minimum absolute atomic E-state index is 0.0258. The summed E-state index contributed by atoms with van der Waals surface area (Å²) in [6.07, 6.45) is 0. The smallest absolute Gasteiger partial charge is 0.0924 e. The Morgan fingerprint density at radius 1 is 1.29 bits per heavy atom. The third-order valence-corrected chi connectivity index (χ3v) is 2.01. The minimum Gasteiger partial charge on any atom is -0.399 e. The van der Waals surface area contributed by atoms with Gasteiger partial charge in [-0.25, -0.2) is 0 Å². The number of rotatable bonds is 2. The number of nitrogen functional groups attached to an aromatic ring is 1. The number of H-pyrrole nitrogens is 1. The second-order valence-corrected chi connectivity index (χ2v) is 3.06. The van der Waals surface area contributed by atoms with Crippen LogP contribution in [0.25, 0.3) is 11.3 Å². The maximum atomic E-state index is 8.85. The molecule has 0 atom stereocenters. The van der Waals surface area contributed by atoms with Gasteiger partial charge in [0.15, 0.2) is 0 Å². The van der Waals surface area contributed by atoms with Crippen LogP contribution in [0.5, 0.6) is 0 Å². The molecule has 0 radical (unpaired) electrons. The first-order chi connectivity index (χ1) is 6.79. The first-order valence-electron chi connectivity index (χ1n) is 4.30. The zero-order valence-electron chi connectivity index (χ0n) is 7.57. The Morgan fingerprint density at radius 3 is 2.57 bits per heavy atom. The fourth-order valence-electron chi connectivity index (χ4n) is 1.24. The lowest BCUT2D eigenvalue weighted by atomic mass is 10.1. The number of hydrogen-bond donors (Lipinski definition) is 3. The molecule has 0 aliphatic heterocycles. The average molecular weight is 189 g/mol. The van der Waals surface area contributed by atoms with Crippen LogP contribution < -0.4 is 5.73 Å². The van der Waals surface area contributed by atoms with E-state index < -0.39 is 0 Å². The molecule has 1 heterocycles. The van der Waals surface area contributed by atoms with E-state index in [4.69, 9.17) is 10.8 Å². The fourth-order valence-corrected chi connectivity index (χ4v) is 1.24. The second-order valence-electron chi connectivity index (χ2n) is 3.06. The first kappa shape index (κ1) is 8.77. The van der Waals surface area contributed by atoms with Gasteiger partial charge in [-0.2, -0.15) is 5.10 Å². The number of hydrogen-bond acceptors (Lipinski definition) is 3. The molecule has 0 fully saturated rings. The van der Waals surface area contributed by atoms with Crippen molar-refractivity contribution in [2.75, 3.05) is 5.73 Å². The van der Waals surface area contributed by atoms with Crippen molar-refractivity contribution in [2.45, 2.75) is 6.61 Å². The Kier molecular flexibility index (Phi) is 2.20. The van der Waals surface area contributed by atoms with Crippen molar-refractivity contribution in [3.8, 4) is 11.3 Å². The molecular weight excluding hydrogens is 178 g/mol. The summed E-state index contributed by atoms with van der Waals surface area (Å²) in [6, 6.07) is 9.25. The van der Waals surface area contributed by atoms with Gasteiger partial charge in [0.2, 0.25) is 0 Å². The Morgan fingerprint density at radius 2 is 2.00 bits per heavy atom. The van der Waals surface area contributed by atoms with E-state index in [9.17, 15) is 0 Å². The van der Waals surface area contributed by atoms with E-state index in [1.807, 2.05) is 30.3 Å². The van der Waals surface area contributed by atoms with Crippen molar-refractivity contribution in [3.05, 3.63) is 36.0 Å². The predicted molar refractivity (Wildman–Crippen MR) is 54.4 cm³/mol. The van der Waals surface area contributed by atoms with Gasteiger partial charge in [-0.1, -0.05) is 12.1 Å². The molecule has 0 unspecified atom stereocenters. The van der Waals surface area contributed by atoms with Crippen LogP contribution in [-0.4, -0.2) is 15.3 Å².